The molecule has 0 saturated carbocycles. The maximum absolute atomic E-state index is 13.1. The normalized spacial score (nSPS) is 11.2. The van der Waals surface area contributed by atoms with Crippen LogP contribution in [0.25, 0.3) is 22.8 Å². The third kappa shape index (κ3) is 6.11. The van der Waals surface area contributed by atoms with Gasteiger partial charge in [-0.2, -0.15) is 0 Å². The standard InChI is InChI=1S/C27H25N3O4S/c1-3-16-29-35(32,33)18-20-10-14-22(15-11-20)30-26(31)23-6-4-5-7-24(23)27-28-17-25(34-27)21-12-8-19(2)9-13-21/h3-15,17,29H,1,16,18H2,2H3,(H,30,31). The van der Waals surface area contributed by atoms with Gasteiger partial charge in [-0.3, -0.25) is 4.79 Å². The second-order valence-corrected chi connectivity index (χ2v) is 9.80. The average molecular weight is 488 g/mol. The predicted molar refractivity (Wildman–Crippen MR) is 137 cm³/mol. The minimum Gasteiger partial charge on any atom is -0.436 e. The van der Waals surface area contributed by atoms with Gasteiger partial charge in [-0.25, -0.2) is 18.1 Å². The van der Waals surface area contributed by atoms with Crippen LogP contribution in [0, 0.1) is 6.92 Å². The van der Waals surface area contributed by atoms with Crippen LogP contribution in [0.3, 0.4) is 0 Å². The van der Waals surface area contributed by atoms with Gasteiger partial charge in [0.15, 0.2) is 5.76 Å². The van der Waals surface area contributed by atoms with E-state index in [0.717, 1.165) is 11.1 Å². The lowest BCUT2D eigenvalue weighted by Crippen LogP contribution is -2.25. The molecule has 0 atom stereocenters. The van der Waals surface area contributed by atoms with Crippen molar-refractivity contribution in [2.75, 3.05) is 11.9 Å². The lowest BCUT2D eigenvalue weighted by molar-refractivity contribution is 0.102. The third-order valence-electron chi connectivity index (χ3n) is 5.26. The molecule has 0 unspecified atom stereocenters. The van der Waals surface area contributed by atoms with Crippen LogP contribution >= 0.6 is 0 Å². The molecule has 2 N–H and O–H groups in total. The Labute approximate surface area is 204 Å². The summed E-state index contributed by atoms with van der Waals surface area (Å²) >= 11 is 0. The maximum atomic E-state index is 13.1. The van der Waals surface area contributed by atoms with Gasteiger partial charge in [0, 0.05) is 23.4 Å². The summed E-state index contributed by atoms with van der Waals surface area (Å²) in [4.78, 5) is 17.4. The number of sulfonamides is 1. The number of aryl methyl sites for hydroxylation is 1. The van der Waals surface area contributed by atoms with Gasteiger partial charge in [0.1, 0.15) is 0 Å². The first-order valence-corrected chi connectivity index (χ1v) is 12.6. The summed E-state index contributed by atoms with van der Waals surface area (Å²) in [6.45, 7) is 5.69. The third-order valence-corrected chi connectivity index (χ3v) is 6.58. The molecule has 4 aromatic rings. The van der Waals surface area contributed by atoms with E-state index in [1.165, 1.54) is 6.08 Å². The van der Waals surface area contributed by atoms with Crippen molar-refractivity contribution in [1.82, 2.24) is 9.71 Å². The van der Waals surface area contributed by atoms with Crippen molar-refractivity contribution in [1.29, 1.82) is 0 Å². The quantitative estimate of drug-likeness (QED) is 0.317. The number of carbonyl (C=O) groups is 1. The van der Waals surface area contributed by atoms with Crippen LogP contribution in [-0.4, -0.2) is 25.9 Å². The van der Waals surface area contributed by atoms with Crippen LogP contribution in [0.15, 0.2) is 96.1 Å². The number of benzene rings is 3. The number of anilines is 1. The molecule has 1 amide bonds. The molecule has 0 radical (unpaired) electrons. The number of nitrogens with one attached hydrogen (secondary N) is 2. The average Bonchev–Trinajstić information content (AvgIpc) is 3.34. The number of aromatic nitrogens is 1. The van der Waals surface area contributed by atoms with E-state index in [2.05, 4.69) is 21.6 Å². The van der Waals surface area contributed by atoms with Gasteiger partial charge >= 0.3 is 0 Å². The molecule has 4 rings (SSSR count). The zero-order chi connectivity index (χ0) is 24.8. The second-order valence-electron chi connectivity index (χ2n) is 7.99. The number of carbonyl (C=O) groups excluding carboxylic acids is 1. The maximum Gasteiger partial charge on any atom is 0.256 e. The SMILES string of the molecule is C=CCNS(=O)(=O)Cc1ccc(NC(=O)c2ccccc2-c2ncc(-c3ccc(C)cc3)o2)cc1. The summed E-state index contributed by atoms with van der Waals surface area (Å²) < 4.78 is 32.5. The molecule has 1 heterocycles. The molecule has 0 bridgehead atoms. The lowest BCUT2D eigenvalue weighted by Gasteiger charge is -2.09. The van der Waals surface area contributed by atoms with Crippen LogP contribution in [-0.2, 0) is 15.8 Å². The highest BCUT2D eigenvalue weighted by atomic mass is 32.2. The Bertz CT molecular complexity index is 1440. The molecule has 0 aliphatic rings. The number of hydrogen-bond acceptors (Lipinski definition) is 5. The zero-order valence-electron chi connectivity index (χ0n) is 19.2. The fraction of sp³-hybridized carbons (Fsp3) is 0.111. The van der Waals surface area contributed by atoms with Crippen molar-refractivity contribution < 1.29 is 17.6 Å². The summed E-state index contributed by atoms with van der Waals surface area (Å²) in [5, 5.41) is 2.85. The Morgan fingerprint density at radius 2 is 1.74 bits per heavy atom. The molecular weight excluding hydrogens is 462 g/mol. The van der Waals surface area contributed by atoms with E-state index in [0.29, 0.717) is 34.0 Å². The van der Waals surface area contributed by atoms with Crippen LogP contribution in [0.5, 0.6) is 0 Å². The van der Waals surface area contributed by atoms with E-state index in [4.69, 9.17) is 4.42 Å². The molecule has 0 aliphatic carbocycles. The molecular formula is C27H25N3O4S. The highest BCUT2D eigenvalue weighted by Crippen LogP contribution is 2.29. The van der Waals surface area contributed by atoms with Crippen LogP contribution in [0.4, 0.5) is 5.69 Å². The van der Waals surface area contributed by atoms with E-state index < -0.39 is 10.0 Å². The van der Waals surface area contributed by atoms with E-state index in [-0.39, 0.29) is 18.2 Å². The van der Waals surface area contributed by atoms with Gasteiger partial charge in [-0.15, -0.1) is 6.58 Å². The summed E-state index contributed by atoms with van der Waals surface area (Å²) in [6.07, 6.45) is 3.13. The van der Waals surface area contributed by atoms with Crippen molar-refractivity contribution in [3.05, 3.63) is 108 Å². The van der Waals surface area contributed by atoms with Gasteiger partial charge in [0.25, 0.3) is 5.91 Å². The van der Waals surface area contributed by atoms with E-state index in [1.54, 1.807) is 48.7 Å². The molecule has 35 heavy (non-hydrogen) atoms. The first-order chi connectivity index (χ1) is 16.8. The highest BCUT2D eigenvalue weighted by molar-refractivity contribution is 7.88. The first kappa shape index (κ1) is 24.1. The Balaban J connectivity index is 1.50. The minimum absolute atomic E-state index is 0.161. The lowest BCUT2D eigenvalue weighted by atomic mass is 10.1. The van der Waals surface area contributed by atoms with Gasteiger partial charge in [-0.1, -0.05) is 60.2 Å². The summed E-state index contributed by atoms with van der Waals surface area (Å²) in [7, 11) is -3.46. The zero-order valence-corrected chi connectivity index (χ0v) is 20.0. The number of nitrogens with zero attached hydrogens (tertiary/aromatic N) is 1. The molecule has 3 aromatic carbocycles. The van der Waals surface area contributed by atoms with Crippen molar-refractivity contribution in [3.63, 3.8) is 0 Å². The smallest absolute Gasteiger partial charge is 0.256 e. The predicted octanol–water partition coefficient (Wildman–Crippen LogP) is 5.17. The second kappa shape index (κ2) is 10.5. The number of oxazole rings is 1. The summed E-state index contributed by atoms with van der Waals surface area (Å²) in [5.74, 6) is 0.469. The van der Waals surface area contributed by atoms with Crippen molar-refractivity contribution >= 4 is 21.6 Å². The molecule has 1 aromatic heterocycles. The Morgan fingerprint density at radius 3 is 2.46 bits per heavy atom. The Kier molecular flexibility index (Phi) is 7.24. The fourth-order valence-electron chi connectivity index (χ4n) is 3.46. The molecule has 178 valence electrons. The molecule has 0 spiro atoms. The number of amides is 1. The summed E-state index contributed by atoms with van der Waals surface area (Å²) in [6, 6.07) is 21.6. The highest BCUT2D eigenvalue weighted by Gasteiger charge is 2.17. The fourth-order valence-corrected chi connectivity index (χ4v) is 4.56. The van der Waals surface area contributed by atoms with Crippen LogP contribution in [0.1, 0.15) is 21.5 Å². The van der Waals surface area contributed by atoms with Gasteiger partial charge in [0.05, 0.1) is 17.5 Å². The van der Waals surface area contributed by atoms with E-state index >= 15 is 0 Å². The monoisotopic (exact) mass is 487 g/mol. The van der Waals surface area contributed by atoms with Gasteiger partial charge < -0.3 is 9.73 Å². The largest absolute Gasteiger partial charge is 0.436 e. The topological polar surface area (TPSA) is 101 Å². The Hall–Kier alpha value is -4.01. The van der Waals surface area contributed by atoms with Crippen LogP contribution in [0.2, 0.25) is 0 Å². The molecule has 0 fully saturated rings. The van der Waals surface area contributed by atoms with Gasteiger partial charge in [0.2, 0.25) is 15.9 Å². The first-order valence-electron chi connectivity index (χ1n) is 11.0. The molecule has 7 nitrogen and oxygen atoms in total. The number of hydrogen-bond donors (Lipinski definition) is 2. The van der Waals surface area contributed by atoms with E-state index in [1.807, 2.05) is 37.3 Å². The van der Waals surface area contributed by atoms with E-state index in [9.17, 15) is 13.2 Å². The molecule has 8 heteroatoms. The van der Waals surface area contributed by atoms with Crippen molar-refractivity contribution in [3.8, 4) is 22.8 Å². The van der Waals surface area contributed by atoms with Crippen LogP contribution < -0.4 is 10.0 Å². The molecule has 0 aliphatic heterocycles. The molecule has 0 saturated heterocycles. The minimum atomic E-state index is -3.46. The van der Waals surface area contributed by atoms with Crippen molar-refractivity contribution in [2.45, 2.75) is 12.7 Å². The van der Waals surface area contributed by atoms with Crippen molar-refractivity contribution in [2.24, 2.45) is 0 Å². The number of rotatable bonds is 9. The van der Waals surface area contributed by atoms with Gasteiger partial charge in [-0.05, 0) is 36.8 Å². The summed E-state index contributed by atoms with van der Waals surface area (Å²) in [5.41, 5.74) is 4.16. The Morgan fingerprint density at radius 1 is 1.03 bits per heavy atom.